The third kappa shape index (κ3) is 3.70. The molecular formula is C13H17ClFNO. The SMILES string of the molecule is CCCN(CCCl)C(=O)c1cc(C)ccc1F. The predicted octanol–water partition coefficient (Wildman–Crippen LogP) is 3.23. The second kappa shape index (κ2) is 6.60. The summed E-state index contributed by atoms with van der Waals surface area (Å²) in [6.07, 6.45) is 0.829. The standard InChI is InChI=1S/C13H17ClFNO/c1-3-7-16(8-6-14)13(17)11-9-10(2)4-5-12(11)15/h4-5,9H,3,6-8H2,1-2H3. The number of benzene rings is 1. The van der Waals surface area contributed by atoms with E-state index in [1.54, 1.807) is 17.0 Å². The molecule has 4 heteroatoms. The third-order valence-electron chi connectivity index (χ3n) is 2.49. The van der Waals surface area contributed by atoms with E-state index in [4.69, 9.17) is 11.6 Å². The summed E-state index contributed by atoms with van der Waals surface area (Å²) >= 11 is 5.65. The topological polar surface area (TPSA) is 20.3 Å². The first-order valence-corrected chi connectivity index (χ1v) is 6.25. The molecule has 1 aromatic rings. The van der Waals surface area contributed by atoms with Crippen LogP contribution in [-0.2, 0) is 0 Å². The lowest BCUT2D eigenvalue weighted by Crippen LogP contribution is -2.34. The number of halogens is 2. The Hall–Kier alpha value is -1.09. The van der Waals surface area contributed by atoms with Gasteiger partial charge >= 0.3 is 0 Å². The van der Waals surface area contributed by atoms with E-state index in [-0.39, 0.29) is 11.5 Å². The number of hydrogen-bond donors (Lipinski definition) is 0. The highest BCUT2D eigenvalue weighted by molar-refractivity contribution is 6.18. The number of rotatable bonds is 5. The summed E-state index contributed by atoms with van der Waals surface area (Å²) in [6.45, 7) is 4.85. The molecule has 1 rings (SSSR count). The van der Waals surface area contributed by atoms with Gasteiger partial charge in [-0.25, -0.2) is 4.39 Å². The first-order valence-electron chi connectivity index (χ1n) is 5.71. The summed E-state index contributed by atoms with van der Waals surface area (Å²) in [5.74, 6) is -0.399. The zero-order valence-electron chi connectivity index (χ0n) is 10.2. The lowest BCUT2D eigenvalue weighted by atomic mass is 10.1. The summed E-state index contributed by atoms with van der Waals surface area (Å²) in [5, 5.41) is 0. The second-order valence-corrected chi connectivity index (χ2v) is 4.34. The van der Waals surface area contributed by atoms with E-state index < -0.39 is 5.82 Å². The minimum atomic E-state index is -0.476. The molecule has 17 heavy (non-hydrogen) atoms. The number of nitrogens with zero attached hydrogens (tertiary/aromatic N) is 1. The molecule has 1 amide bonds. The van der Waals surface area contributed by atoms with Crippen LogP contribution < -0.4 is 0 Å². The number of alkyl halides is 1. The minimum absolute atomic E-state index is 0.128. The van der Waals surface area contributed by atoms with Gasteiger partial charge in [0.15, 0.2) is 0 Å². The van der Waals surface area contributed by atoms with Crippen molar-refractivity contribution in [3.05, 3.63) is 35.1 Å². The van der Waals surface area contributed by atoms with Gasteiger partial charge < -0.3 is 4.90 Å². The summed E-state index contributed by atoms with van der Waals surface area (Å²) < 4.78 is 13.6. The molecule has 0 saturated carbocycles. The zero-order valence-corrected chi connectivity index (χ0v) is 10.9. The molecule has 1 aromatic carbocycles. The summed E-state index contributed by atoms with van der Waals surface area (Å²) in [6, 6.07) is 4.56. The molecule has 0 heterocycles. The van der Waals surface area contributed by atoms with E-state index in [1.807, 2.05) is 13.8 Å². The maximum absolute atomic E-state index is 13.6. The highest BCUT2D eigenvalue weighted by Gasteiger charge is 2.18. The zero-order chi connectivity index (χ0) is 12.8. The van der Waals surface area contributed by atoms with Gasteiger partial charge in [0.05, 0.1) is 5.56 Å². The molecule has 2 nitrogen and oxygen atoms in total. The summed E-state index contributed by atoms with van der Waals surface area (Å²) in [4.78, 5) is 13.7. The van der Waals surface area contributed by atoms with Crippen molar-refractivity contribution in [1.82, 2.24) is 4.90 Å². The Morgan fingerprint density at radius 3 is 2.71 bits per heavy atom. The maximum atomic E-state index is 13.6. The van der Waals surface area contributed by atoms with E-state index in [2.05, 4.69) is 0 Å². The smallest absolute Gasteiger partial charge is 0.256 e. The normalized spacial score (nSPS) is 10.4. The van der Waals surface area contributed by atoms with Crippen LogP contribution in [0.2, 0.25) is 0 Å². The number of amides is 1. The molecular weight excluding hydrogens is 241 g/mol. The molecule has 0 bridgehead atoms. The van der Waals surface area contributed by atoms with Gasteiger partial charge in [-0.1, -0.05) is 18.6 Å². The van der Waals surface area contributed by atoms with Gasteiger partial charge in [-0.05, 0) is 25.5 Å². The largest absolute Gasteiger partial charge is 0.337 e. The molecule has 0 atom stereocenters. The van der Waals surface area contributed by atoms with Crippen LogP contribution in [0.1, 0.15) is 29.3 Å². The minimum Gasteiger partial charge on any atom is -0.337 e. The van der Waals surface area contributed by atoms with Gasteiger partial charge in [0.2, 0.25) is 0 Å². The van der Waals surface area contributed by atoms with Crippen molar-refractivity contribution in [1.29, 1.82) is 0 Å². The highest BCUT2D eigenvalue weighted by Crippen LogP contribution is 2.13. The van der Waals surface area contributed by atoms with Gasteiger partial charge in [-0.2, -0.15) is 0 Å². The fourth-order valence-corrected chi connectivity index (χ4v) is 1.86. The summed E-state index contributed by atoms with van der Waals surface area (Å²) in [7, 11) is 0. The first kappa shape index (κ1) is 14.0. The lowest BCUT2D eigenvalue weighted by Gasteiger charge is -2.21. The molecule has 0 unspecified atom stereocenters. The van der Waals surface area contributed by atoms with Crippen LogP contribution in [0, 0.1) is 12.7 Å². The molecule has 0 aliphatic heterocycles. The molecule has 0 saturated heterocycles. The number of hydrogen-bond acceptors (Lipinski definition) is 1. The van der Waals surface area contributed by atoms with Gasteiger partial charge in [0, 0.05) is 19.0 Å². The fraction of sp³-hybridized carbons (Fsp3) is 0.462. The molecule has 0 aliphatic rings. The Balaban J connectivity index is 2.95. The molecule has 0 N–H and O–H groups in total. The Morgan fingerprint density at radius 1 is 1.41 bits per heavy atom. The van der Waals surface area contributed by atoms with Gasteiger partial charge in [-0.15, -0.1) is 11.6 Å². The average molecular weight is 258 g/mol. The number of aryl methyl sites for hydroxylation is 1. The van der Waals surface area contributed by atoms with Crippen molar-refractivity contribution in [2.45, 2.75) is 20.3 Å². The van der Waals surface area contributed by atoms with Gasteiger partial charge in [0.1, 0.15) is 5.82 Å². The second-order valence-electron chi connectivity index (χ2n) is 3.96. The average Bonchev–Trinajstić information content (AvgIpc) is 2.31. The van der Waals surface area contributed by atoms with Crippen LogP contribution >= 0.6 is 11.6 Å². The monoisotopic (exact) mass is 257 g/mol. The van der Waals surface area contributed by atoms with Crippen molar-refractivity contribution in [3.63, 3.8) is 0 Å². The maximum Gasteiger partial charge on any atom is 0.256 e. The van der Waals surface area contributed by atoms with Crippen LogP contribution in [0.4, 0.5) is 4.39 Å². The Morgan fingerprint density at radius 2 is 2.12 bits per heavy atom. The molecule has 0 aliphatic carbocycles. The van der Waals surface area contributed by atoms with E-state index in [0.29, 0.717) is 19.0 Å². The number of carbonyl (C=O) groups excluding carboxylic acids is 1. The molecule has 0 spiro atoms. The Bertz CT molecular complexity index is 389. The number of carbonyl (C=O) groups is 1. The molecule has 94 valence electrons. The molecule has 0 aromatic heterocycles. The molecule has 0 fully saturated rings. The van der Waals surface area contributed by atoms with Crippen molar-refractivity contribution < 1.29 is 9.18 Å². The van der Waals surface area contributed by atoms with Gasteiger partial charge in [-0.3, -0.25) is 4.79 Å². The fourth-order valence-electron chi connectivity index (χ4n) is 1.66. The van der Waals surface area contributed by atoms with Gasteiger partial charge in [0.25, 0.3) is 5.91 Å². The van der Waals surface area contributed by atoms with Crippen molar-refractivity contribution >= 4 is 17.5 Å². The van der Waals surface area contributed by atoms with Crippen molar-refractivity contribution in [3.8, 4) is 0 Å². The van der Waals surface area contributed by atoms with Crippen LogP contribution in [0.3, 0.4) is 0 Å². The first-order chi connectivity index (χ1) is 8.10. The third-order valence-corrected chi connectivity index (χ3v) is 2.66. The van der Waals surface area contributed by atoms with Crippen molar-refractivity contribution in [2.24, 2.45) is 0 Å². The van der Waals surface area contributed by atoms with E-state index >= 15 is 0 Å². The quantitative estimate of drug-likeness (QED) is 0.742. The van der Waals surface area contributed by atoms with E-state index in [9.17, 15) is 9.18 Å². The van der Waals surface area contributed by atoms with Crippen LogP contribution in [0.5, 0.6) is 0 Å². The van der Waals surface area contributed by atoms with Crippen LogP contribution in [0.15, 0.2) is 18.2 Å². The van der Waals surface area contributed by atoms with Crippen LogP contribution in [0.25, 0.3) is 0 Å². The highest BCUT2D eigenvalue weighted by atomic mass is 35.5. The predicted molar refractivity (Wildman–Crippen MR) is 68.1 cm³/mol. The molecule has 0 radical (unpaired) electrons. The van der Waals surface area contributed by atoms with E-state index in [0.717, 1.165) is 12.0 Å². The van der Waals surface area contributed by atoms with E-state index in [1.165, 1.54) is 6.07 Å². The Kier molecular flexibility index (Phi) is 5.42. The Labute approximate surface area is 106 Å². The summed E-state index contributed by atoms with van der Waals surface area (Å²) in [5.41, 5.74) is 1.00. The lowest BCUT2D eigenvalue weighted by molar-refractivity contribution is 0.0760. The van der Waals surface area contributed by atoms with Crippen LogP contribution in [-0.4, -0.2) is 29.8 Å². The van der Waals surface area contributed by atoms with Crippen molar-refractivity contribution in [2.75, 3.05) is 19.0 Å².